The summed E-state index contributed by atoms with van der Waals surface area (Å²) in [6, 6.07) is 8.00. The highest BCUT2D eigenvalue weighted by Crippen LogP contribution is 2.25. The molecule has 1 saturated heterocycles. The molecular weight excluding hydrogens is 361 g/mol. The molecule has 0 amide bonds. The lowest BCUT2D eigenvalue weighted by Crippen LogP contribution is -2.41. The average Bonchev–Trinajstić information content (AvgIpc) is 2.99. The van der Waals surface area contributed by atoms with Crippen molar-refractivity contribution in [2.24, 2.45) is 0 Å². The monoisotopic (exact) mass is 383 g/mol. The van der Waals surface area contributed by atoms with Crippen LogP contribution in [0.3, 0.4) is 0 Å². The van der Waals surface area contributed by atoms with Crippen molar-refractivity contribution in [1.29, 1.82) is 0 Å². The SMILES string of the molecule is Cc1cc(CCOCCC2COCCN2)nn1-c1ccc(Cl)c(Cl)c1. The molecule has 1 unspecified atom stereocenters. The highest BCUT2D eigenvalue weighted by atomic mass is 35.5. The van der Waals surface area contributed by atoms with Crippen LogP contribution >= 0.6 is 23.2 Å². The number of nitrogens with one attached hydrogen (secondary N) is 1. The first-order chi connectivity index (χ1) is 12.1. The highest BCUT2D eigenvalue weighted by Gasteiger charge is 2.12. The fourth-order valence-electron chi connectivity index (χ4n) is 2.85. The van der Waals surface area contributed by atoms with E-state index in [0.717, 1.165) is 56.3 Å². The summed E-state index contributed by atoms with van der Waals surface area (Å²) in [6.07, 6.45) is 1.75. The predicted octanol–water partition coefficient (Wildman–Crippen LogP) is 3.43. The van der Waals surface area contributed by atoms with E-state index in [9.17, 15) is 0 Å². The minimum atomic E-state index is 0.407. The van der Waals surface area contributed by atoms with E-state index in [1.807, 2.05) is 23.7 Å². The van der Waals surface area contributed by atoms with E-state index >= 15 is 0 Å². The van der Waals surface area contributed by atoms with Crippen LogP contribution in [0.15, 0.2) is 24.3 Å². The van der Waals surface area contributed by atoms with E-state index in [4.69, 9.17) is 32.7 Å². The Morgan fingerprint density at radius 3 is 2.92 bits per heavy atom. The minimum absolute atomic E-state index is 0.407. The number of aromatic nitrogens is 2. The Morgan fingerprint density at radius 2 is 2.16 bits per heavy atom. The van der Waals surface area contributed by atoms with Gasteiger partial charge in [0.05, 0.1) is 41.2 Å². The van der Waals surface area contributed by atoms with Crippen molar-refractivity contribution in [1.82, 2.24) is 15.1 Å². The van der Waals surface area contributed by atoms with Gasteiger partial charge < -0.3 is 14.8 Å². The van der Waals surface area contributed by atoms with Gasteiger partial charge in [0, 0.05) is 31.3 Å². The zero-order chi connectivity index (χ0) is 17.6. The lowest BCUT2D eigenvalue weighted by molar-refractivity contribution is 0.0559. The molecule has 0 radical (unpaired) electrons. The second-order valence-electron chi connectivity index (χ2n) is 6.16. The fraction of sp³-hybridized carbons (Fsp3) is 0.500. The standard InChI is InChI=1S/C18H23Cl2N3O2/c1-13-10-14(4-7-24-8-5-15-12-25-9-6-21-15)22-23(13)16-2-3-17(19)18(20)11-16/h2-3,10-11,15,21H,4-9,12H2,1H3. The minimum Gasteiger partial charge on any atom is -0.381 e. The van der Waals surface area contributed by atoms with Crippen molar-refractivity contribution in [2.75, 3.05) is 33.0 Å². The molecule has 1 N–H and O–H groups in total. The van der Waals surface area contributed by atoms with Gasteiger partial charge in [-0.1, -0.05) is 23.2 Å². The maximum absolute atomic E-state index is 6.10. The average molecular weight is 384 g/mol. The molecular formula is C18H23Cl2N3O2. The quantitative estimate of drug-likeness (QED) is 0.744. The third-order valence-electron chi connectivity index (χ3n) is 4.20. The Bertz CT molecular complexity index is 700. The van der Waals surface area contributed by atoms with Crippen molar-refractivity contribution in [3.05, 3.63) is 45.7 Å². The van der Waals surface area contributed by atoms with Crippen LogP contribution in [0, 0.1) is 6.92 Å². The Balaban J connectivity index is 1.48. The molecule has 1 atom stereocenters. The van der Waals surface area contributed by atoms with Crippen LogP contribution in [0.5, 0.6) is 0 Å². The summed E-state index contributed by atoms with van der Waals surface area (Å²) >= 11 is 12.1. The van der Waals surface area contributed by atoms with Crippen LogP contribution in [-0.4, -0.2) is 48.8 Å². The Hall–Kier alpha value is -1.11. The van der Waals surface area contributed by atoms with Crippen molar-refractivity contribution < 1.29 is 9.47 Å². The molecule has 25 heavy (non-hydrogen) atoms. The Morgan fingerprint density at radius 1 is 1.28 bits per heavy atom. The molecule has 0 spiro atoms. The van der Waals surface area contributed by atoms with E-state index in [-0.39, 0.29) is 0 Å². The summed E-state index contributed by atoms with van der Waals surface area (Å²) in [6.45, 7) is 5.92. The second kappa shape index (κ2) is 9.01. The lowest BCUT2D eigenvalue weighted by Gasteiger charge is -2.23. The van der Waals surface area contributed by atoms with Gasteiger partial charge in [0.2, 0.25) is 0 Å². The van der Waals surface area contributed by atoms with Gasteiger partial charge in [0.15, 0.2) is 0 Å². The molecule has 3 rings (SSSR count). The van der Waals surface area contributed by atoms with Crippen molar-refractivity contribution in [3.8, 4) is 5.69 Å². The Labute approximate surface area is 158 Å². The summed E-state index contributed by atoms with van der Waals surface area (Å²) in [7, 11) is 0. The van der Waals surface area contributed by atoms with E-state index in [0.29, 0.717) is 22.7 Å². The lowest BCUT2D eigenvalue weighted by atomic mass is 10.2. The van der Waals surface area contributed by atoms with Crippen molar-refractivity contribution in [3.63, 3.8) is 0 Å². The Kier molecular flexibility index (Phi) is 6.73. The van der Waals surface area contributed by atoms with Crippen molar-refractivity contribution >= 4 is 23.2 Å². The number of nitrogens with zero attached hydrogens (tertiary/aromatic N) is 2. The summed E-state index contributed by atoms with van der Waals surface area (Å²) in [5.74, 6) is 0. The number of benzene rings is 1. The van der Waals surface area contributed by atoms with Gasteiger partial charge >= 0.3 is 0 Å². The van der Waals surface area contributed by atoms with Crippen LogP contribution in [0.25, 0.3) is 5.69 Å². The molecule has 0 bridgehead atoms. The maximum atomic E-state index is 6.10. The van der Waals surface area contributed by atoms with Gasteiger partial charge in [-0.3, -0.25) is 0 Å². The van der Waals surface area contributed by atoms with Crippen LogP contribution in [0.4, 0.5) is 0 Å². The van der Waals surface area contributed by atoms with Crippen LogP contribution < -0.4 is 5.32 Å². The van der Waals surface area contributed by atoms with Crippen molar-refractivity contribution in [2.45, 2.75) is 25.8 Å². The number of rotatable bonds is 7. The predicted molar refractivity (Wildman–Crippen MR) is 100 cm³/mol. The highest BCUT2D eigenvalue weighted by molar-refractivity contribution is 6.42. The zero-order valence-corrected chi connectivity index (χ0v) is 15.8. The molecule has 2 heterocycles. The largest absolute Gasteiger partial charge is 0.381 e. The second-order valence-corrected chi connectivity index (χ2v) is 6.98. The molecule has 2 aromatic rings. The normalized spacial score (nSPS) is 17.8. The van der Waals surface area contributed by atoms with Crippen LogP contribution in [-0.2, 0) is 15.9 Å². The molecule has 7 heteroatoms. The third kappa shape index (κ3) is 5.19. The maximum Gasteiger partial charge on any atom is 0.0664 e. The molecule has 1 aliphatic rings. The first-order valence-electron chi connectivity index (χ1n) is 8.53. The number of aryl methyl sites for hydroxylation is 1. The number of morpholine rings is 1. The van der Waals surface area contributed by atoms with Crippen LogP contribution in [0.2, 0.25) is 10.0 Å². The number of hydrogen-bond donors (Lipinski definition) is 1. The van der Waals surface area contributed by atoms with Gasteiger partial charge in [-0.25, -0.2) is 4.68 Å². The first kappa shape index (κ1) is 18.7. The van der Waals surface area contributed by atoms with Gasteiger partial charge in [-0.2, -0.15) is 5.10 Å². The van der Waals surface area contributed by atoms with Gasteiger partial charge in [0.25, 0.3) is 0 Å². The molecule has 1 aliphatic heterocycles. The van der Waals surface area contributed by atoms with Gasteiger partial charge in [-0.15, -0.1) is 0 Å². The van der Waals surface area contributed by atoms with Gasteiger partial charge in [-0.05, 0) is 37.6 Å². The zero-order valence-electron chi connectivity index (χ0n) is 14.3. The fourth-order valence-corrected chi connectivity index (χ4v) is 3.14. The molecule has 0 saturated carbocycles. The molecule has 1 fully saturated rings. The molecule has 1 aromatic carbocycles. The molecule has 5 nitrogen and oxygen atoms in total. The molecule has 0 aliphatic carbocycles. The smallest absolute Gasteiger partial charge is 0.0664 e. The third-order valence-corrected chi connectivity index (χ3v) is 4.94. The number of hydrogen-bond acceptors (Lipinski definition) is 4. The number of ether oxygens (including phenoxy) is 2. The van der Waals surface area contributed by atoms with Crippen LogP contribution in [0.1, 0.15) is 17.8 Å². The first-order valence-corrected chi connectivity index (χ1v) is 9.29. The number of halogens is 2. The summed E-state index contributed by atoms with van der Waals surface area (Å²) < 4.78 is 13.1. The topological polar surface area (TPSA) is 48.3 Å². The van der Waals surface area contributed by atoms with E-state index in [2.05, 4.69) is 16.5 Å². The van der Waals surface area contributed by atoms with E-state index < -0.39 is 0 Å². The van der Waals surface area contributed by atoms with E-state index in [1.165, 1.54) is 0 Å². The summed E-state index contributed by atoms with van der Waals surface area (Å²) in [5.41, 5.74) is 2.96. The molecule has 136 valence electrons. The summed E-state index contributed by atoms with van der Waals surface area (Å²) in [5, 5.41) is 9.14. The van der Waals surface area contributed by atoms with Gasteiger partial charge in [0.1, 0.15) is 0 Å². The molecule has 1 aromatic heterocycles. The summed E-state index contributed by atoms with van der Waals surface area (Å²) in [4.78, 5) is 0. The van der Waals surface area contributed by atoms with E-state index in [1.54, 1.807) is 6.07 Å².